The molecule has 0 saturated heterocycles. The fourth-order valence-electron chi connectivity index (χ4n) is 14.0. The summed E-state index contributed by atoms with van der Waals surface area (Å²) >= 11 is 0. The zero-order chi connectivity index (χ0) is 62.9. The summed E-state index contributed by atoms with van der Waals surface area (Å²) in [5.41, 5.74) is 22.2. The van der Waals surface area contributed by atoms with E-state index in [1.807, 2.05) is 146 Å². The second-order valence-electron chi connectivity index (χ2n) is 24.0. The molecule has 0 saturated carbocycles. The fourth-order valence-corrected chi connectivity index (χ4v) is 14.0. The number of hydrogen-bond acceptors (Lipinski definition) is 8. The van der Waals surface area contributed by atoms with Crippen LogP contribution in [0.4, 0.5) is 0 Å². The number of aromatic nitrogens is 7. The lowest BCUT2D eigenvalue weighted by atomic mass is 9.34. The van der Waals surface area contributed by atoms with Gasteiger partial charge >= 0.3 is 0 Å². The van der Waals surface area contributed by atoms with Crippen LogP contribution < -0.4 is 21.1 Å². The molecule has 0 radical (unpaired) electrons. The Morgan fingerprint density at radius 1 is 0.305 bits per heavy atom. The maximum atomic E-state index is 10.1. The third kappa shape index (κ3) is 9.57. The number of ether oxygens (including phenoxy) is 1. The average molecular weight is 1210 g/mol. The second-order valence-corrected chi connectivity index (χ2v) is 24.0. The van der Waals surface area contributed by atoms with Crippen LogP contribution in [0.5, 0.6) is 11.5 Å². The van der Waals surface area contributed by atoms with Gasteiger partial charge in [0, 0.05) is 60.9 Å². The van der Waals surface area contributed by atoms with Crippen LogP contribution in [0.2, 0.25) is 0 Å². The van der Waals surface area contributed by atoms with Crippen molar-refractivity contribution in [3.63, 3.8) is 0 Å². The van der Waals surface area contributed by atoms with Crippen molar-refractivity contribution >= 4 is 44.9 Å². The van der Waals surface area contributed by atoms with Gasteiger partial charge in [0.05, 0.1) is 17.1 Å². The van der Waals surface area contributed by atoms with Gasteiger partial charge in [-0.3, -0.25) is 0 Å². The van der Waals surface area contributed by atoms with E-state index in [1.165, 1.54) is 0 Å². The first-order chi connectivity index (χ1) is 47.0. The largest absolute Gasteiger partial charge is 0.458 e. The standard InChI is InChI=1S/C85H51BN8O/c87-52-53-39-41-54(42-40-53)62-50-75-77-76(51-62)95-79-71(68-38-22-21-36-66(68)56-25-9-2-10-26-56)46-63(67-37-20-19-35-65(67)55-23-7-1-8-24-55)48-73(79)86(77)72-49-64(85-92-82(59-31-15-5-16-32-59)89-83(93-85)60-33-17-6-18-34-60)47-70-69-45-61(43-44-74(69)94(75)78(70)72)84-90-80(57-27-11-3-12-28-57)88-81(91-84)58-29-13-4-14-30-58/h1-51H. The first-order valence-electron chi connectivity index (χ1n) is 31.7. The Balaban J connectivity index is 0.970. The van der Waals surface area contributed by atoms with Gasteiger partial charge in [0.1, 0.15) is 11.5 Å². The van der Waals surface area contributed by atoms with Gasteiger partial charge in [-0.25, -0.2) is 29.9 Å². The molecule has 0 N–H and O–H groups in total. The minimum atomic E-state index is -0.418. The molecule has 0 fully saturated rings. The van der Waals surface area contributed by atoms with Gasteiger partial charge in [0.15, 0.2) is 34.9 Å². The Labute approximate surface area is 548 Å². The Kier molecular flexibility index (Phi) is 13.2. The molecule has 0 atom stereocenters. The Hall–Kier alpha value is -13.0. The summed E-state index contributed by atoms with van der Waals surface area (Å²) in [5.74, 6) is 4.83. The van der Waals surface area contributed by atoms with E-state index >= 15 is 0 Å². The van der Waals surface area contributed by atoms with Gasteiger partial charge in [-0.15, -0.1) is 0 Å². The summed E-state index contributed by atoms with van der Waals surface area (Å²) in [6.45, 7) is -0.418. The van der Waals surface area contributed by atoms with E-state index < -0.39 is 6.71 Å². The quantitative estimate of drug-likeness (QED) is 0.118. The number of hydrogen-bond donors (Lipinski definition) is 0. The van der Waals surface area contributed by atoms with Crippen molar-refractivity contribution in [1.29, 1.82) is 5.26 Å². The molecule has 5 heterocycles. The van der Waals surface area contributed by atoms with E-state index in [4.69, 9.17) is 34.6 Å². The van der Waals surface area contributed by atoms with Gasteiger partial charge < -0.3 is 9.30 Å². The van der Waals surface area contributed by atoms with Crippen LogP contribution in [-0.2, 0) is 0 Å². The Morgan fingerprint density at radius 2 is 0.716 bits per heavy atom. The lowest BCUT2D eigenvalue weighted by Crippen LogP contribution is -2.58. The number of benzene rings is 13. The smallest absolute Gasteiger partial charge is 0.256 e. The van der Waals surface area contributed by atoms with Gasteiger partial charge in [0.25, 0.3) is 6.71 Å². The molecular formula is C85H51BN8O. The molecule has 9 nitrogen and oxygen atoms in total. The SMILES string of the molecule is N#Cc1ccc(-c2cc3c4c(c2)-n2c5ccc(-c6nc(-c7ccccc7)nc(-c7ccccc7)n6)cc5c5cc(-c6nc(-c7ccccc7)nc(-c7ccccc7)n6)cc(c52)B4c2cc(-c4ccccc4-c4ccccc4)cc(-c4ccccc4-c4ccccc4)c2O3)cc1. The van der Waals surface area contributed by atoms with E-state index in [0.29, 0.717) is 40.5 Å². The molecule has 0 aliphatic carbocycles. The van der Waals surface area contributed by atoms with Crippen molar-refractivity contribution in [2.45, 2.75) is 0 Å². The number of rotatable bonds is 11. The minimum Gasteiger partial charge on any atom is -0.458 e. The topological polar surface area (TPSA) is 115 Å². The fraction of sp³-hybridized carbons (Fsp3) is 0. The summed E-state index contributed by atoms with van der Waals surface area (Å²) in [6, 6.07) is 110. The molecule has 0 spiro atoms. The molecule has 0 amide bonds. The highest BCUT2D eigenvalue weighted by molar-refractivity contribution is 6.99. The molecule has 0 bridgehead atoms. The van der Waals surface area contributed by atoms with Crippen molar-refractivity contribution in [3.8, 4) is 147 Å². The minimum absolute atomic E-state index is 0.418. The highest BCUT2D eigenvalue weighted by atomic mass is 16.5. The van der Waals surface area contributed by atoms with Gasteiger partial charge in [-0.1, -0.05) is 255 Å². The van der Waals surface area contributed by atoms with E-state index in [1.54, 1.807) is 0 Å². The van der Waals surface area contributed by atoms with Crippen LogP contribution in [0, 0.1) is 11.3 Å². The predicted molar refractivity (Wildman–Crippen MR) is 383 cm³/mol. The van der Waals surface area contributed by atoms with Crippen molar-refractivity contribution in [2.24, 2.45) is 0 Å². The zero-order valence-corrected chi connectivity index (χ0v) is 51.0. The molecule has 3 aromatic heterocycles. The number of nitriles is 1. The van der Waals surface area contributed by atoms with Crippen LogP contribution in [-0.4, -0.2) is 41.2 Å². The molecule has 0 unspecified atom stereocenters. The van der Waals surface area contributed by atoms with Crippen molar-refractivity contribution in [1.82, 2.24) is 34.5 Å². The van der Waals surface area contributed by atoms with Crippen molar-refractivity contribution < 1.29 is 4.74 Å². The summed E-state index contributed by atoms with van der Waals surface area (Å²) in [7, 11) is 0. The lowest BCUT2D eigenvalue weighted by molar-refractivity contribution is 0.489. The molecule has 440 valence electrons. The third-order valence-corrected chi connectivity index (χ3v) is 18.4. The molecular weight excluding hydrogens is 1160 g/mol. The zero-order valence-electron chi connectivity index (χ0n) is 51.0. The number of nitrogens with zero attached hydrogens (tertiary/aromatic N) is 8. The van der Waals surface area contributed by atoms with Crippen molar-refractivity contribution in [2.75, 3.05) is 0 Å². The van der Waals surface area contributed by atoms with Crippen molar-refractivity contribution in [3.05, 3.63) is 315 Å². The average Bonchev–Trinajstić information content (AvgIpc) is 1.62. The number of fused-ring (bicyclic) bond motifs is 7. The van der Waals surface area contributed by atoms with E-state index in [0.717, 1.165) is 144 Å². The van der Waals surface area contributed by atoms with Gasteiger partial charge in [-0.2, -0.15) is 5.26 Å². The summed E-state index contributed by atoms with van der Waals surface area (Å²) in [5, 5.41) is 12.0. The van der Waals surface area contributed by atoms with Crippen LogP contribution in [0.1, 0.15) is 5.56 Å². The van der Waals surface area contributed by atoms with Gasteiger partial charge in [0.2, 0.25) is 0 Å². The van der Waals surface area contributed by atoms with Crippen LogP contribution in [0.3, 0.4) is 0 Å². The maximum absolute atomic E-state index is 10.1. The van der Waals surface area contributed by atoms with E-state index in [9.17, 15) is 5.26 Å². The maximum Gasteiger partial charge on any atom is 0.256 e. The Morgan fingerprint density at radius 3 is 1.22 bits per heavy atom. The summed E-state index contributed by atoms with van der Waals surface area (Å²) in [4.78, 5) is 31.7. The summed E-state index contributed by atoms with van der Waals surface area (Å²) in [6.07, 6.45) is 0. The monoisotopic (exact) mass is 1210 g/mol. The molecule has 2 aliphatic heterocycles. The second kappa shape index (κ2) is 22.8. The van der Waals surface area contributed by atoms with Gasteiger partial charge in [-0.05, 0) is 121 Å². The van der Waals surface area contributed by atoms with E-state index in [-0.39, 0.29) is 0 Å². The molecule has 13 aromatic carbocycles. The molecule has 95 heavy (non-hydrogen) atoms. The summed E-state index contributed by atoms with van der Waals surface area (Å²) < 4.78 is 10.2. The van der Waals surface area contributed by atoms with Crippen LogP contribution in [0.25, 0.3) is 151 Å². The molecule has 10 heteroatoms. The first kappa shape index (κ1) is 54.9. The normalized spacial score (nSPS) is 11.8. The Bertz CT molecular complexity index is 5630. The third-order valence-electron chi connectivity index (χ3n) is 18.4. The highest BCUT2D eigenvalue weighted by Crippen LogP contribution is 2.47. The van der Waals surface area contributed by atoms with Crippen LogP contribution in [0.15, 0.2) is 309 Å². The molecule has 18 rings (SSSR count). The van der Waals surface area contributed by atoms with Crippen LogP contribution >= 0.6 is 0 Å². The van der Waals surface area contributed by atoms with E-state index in [2.05, 4.69) is 174 Å². The lowest BCUT2D eigenvalue weighted by Gasteiger charge is -2.35. The highest BCUT2D eigenvalue weighted by Gasteiger charge is 2.43. The molecule has 2 aliphatic rings. The molecule has 16 aromatic rings. The first-order valence-corrected chi connectivity index (χ1v) is 31.7. The predicted octanol–water partition coefficient (Wildman–Crippen LogP) is 18.3.